The number of rotatable bonds is 2. The van der Waals surface area contributed by atoms with Crippen LogP contribution in [0.1, 0.15) is 10.5 Å². The van der Waals surface area contributed by atoms with Gasteiger partial charge in [-0.05, 0) is 6.07 Å². The predicted octanol–water partition coefficient (Wildman–Crippen LogP) is 0.387. The van der Waals surface area contributed by atoms with Crippen molar-refractivity contribution in [3.8, 4) is 5.13 Å². The van der Waals surface area contributed by atoms with E-state index in [2.05, 4.69) is 10.1 Å². The topological polar surface area (TPSA) is 85.1 Å². The number of nitrogens with zero attached hydrogens (tertiary/aromatic N) is 3. The molecule has 0 saturated carbocycles. The number of carbonyl (C=O) groups is 1. The Bertz CT molecular complexity index is 547. The minimum absolute atomic E-state index is 0.190. The molecule has 0 bridgehead atoms. The van der Waals surface area contributed by atoms with E-state index in [0.29, 0.717) is 5.13 Å². The third-order valence-corrected chi connectivity index (χ3v) is 2.37. The Morgan fingerprint density at radius 1 is 1.47 bits per heavy atom. The molecule has 6 nitrogen and oxygen atoms in total. The van der Waals surface area contributed by atoms with Gasteiger partial charge in [0, 0.05) is 17.6 Å². The maximum atomic E-state index is 11.4. The van der Waals surface area contributed by atoms with Crippen LogP contribution in [0.3, 0.4) is 0 Å². The van der Waals surface area contributed by atoms with Gasteiger partial charge in [-0.2, -0.15) is 9.78 Å². The SMILES string of the molecule is O=C(O)c1ccc(=O)n(-c2nccs2)n1. The van der Waals surface area contributed by atoms with E-state index in [1.165, 1.54) is 17.5 Å². The molecular formula is C8H5N3O3S. The monoisotopic (exact) mass is 223 g/mol. The fourth-order valence-electron chi connectivity index (χ4n) is 0.983. The summed E-state index contributed by atoms with van der Waals surface area (Å²) < 4.78 is 0.966. The lowest BCUT2D eigenvalue weighted by Crippen LogP contribution is -2.22. The maximum Gasteiger partial charge on any atom is 0.356 e. The summed E-state index contributed by atoms with van der Waals surface area (Å²) in [5.74, 6) is -1.18. The molecule has 15 heavy (non-hydrogen) atoms. The quantitative estimate of drug-likeness (QED) is 0.795. The van der Waals surface area contributed by atoms with E-state index in [9.17, 15) is 9.59 Å². The summed E-state index contributed by atoms with van der Waals surface area (Å²) in [6.07, 6.45) is 1.52. The molecule has 0 aliphatic rings. The highest BCUT2D eigenvalue weighted by Crippen LogP contribution is 2.06. The fraction of sp³-hybridized carbons (Fsp3) is 0. The lowest BCUT2D eigenvalue weighted by molar-refractivity contribution is 0.0688. The van der Waals surface area contributed by atoms with Crippen molar-refractivity contribution >= 4 is 17.3 Å². The van der Waals surface area contributed by atoms with Crippen LogP contribution in [0.2, 0.25) is 0 Å². The van der Waals surface area contributed by atoms with Crippen molar-refractivity contribution in [3.63, 3.8) is 0 Å². The maximum absolute atomic E-state index is 11.4. The number of aromatic carboxylic acids is 1. The van der Waals surface area contributed by atoms with Crippen molar-refractivity contribution in [2.24, 2.45) is 0 Å². The summed E-state index contributed by atoms with van der Waals surface area (Å²) in [5.41, 5.74) is -0.597. The van der Waals surface area contributed by atoms with Gasteiger partial charge in [0.25, 0.3) is 5.56 Å². The Balaban J connectivity index is 2.61. The summed E-state index contributed by atoms with van der Waals surface area (Å²) in [5, 5.41) is 14.4. The lowest BCUT2D eigenvalue weighted by atomic mass is 10.4. The fourth-order valence-corrected chi connectivity index (χ4v) is 1.58. The summed E-state index contributed by atoms with van der Waals surface area (Å²) >= 11 is 1.21. The molecular weight excluding hydrogens is 218 g/mol. The van der Waals surface area contributed by atoms with Gasteiger partial charge in [0.05, 0.1) is 0 Å². The number of hydrogen-bond donors (Lipinski definition) is 1. The van der Waals surface area contributed by atoms with E-state index in [1.54, 1.807) is 5.38 Å². The molecule has 0 spiro atoms. The summed E-state index contributed by atoms with van der Waals surface area (Å²) in [6, 6.07) is 2.31. The van der Waals surface area contributed by atoms with Crippen molar-refractivity contribution in [3.05, 3.63) is 39.8 Å². The third kappa shape index (κ3) is 1.77. The summed E-state index contributed by atoms with van der Waals surface area (Å²) in [6.45, 7) is 0. The molecule has 7 heteroatoms. The first-order chi connectivity index (χ1) is 7.18. The van der Waals surface area contributed by atoms with Gasteiger partial charge in [-0.15, -0.1) is 11.3 Å². The molecule has 0 aliphatic carbocycles. The molecule has 2 heterocycles. The van der Waals surface area contributed by atoms with Crippen LogP contribution < -0.4 is 5.56 Å². The molecule has 0 aliphatic heterocycles. The van der Waals surface area contributed by atoms with Crippen molar-refractivity contribution in [1.82, 2.24) is 14.8 Å². The van der Waals surface area contributed by atoms with Gasteiger partial charge in [-0.1, -0.05) is 0 Å². The molecule has 0 fully saturated rings. The van der Waals surface area contributed by atoms with Gasteiger partial charge in [0.1, 0.15) is 0 Å². The first-order valence-corrected chi connectivity index (χ1v) is 4.80. The van der Waals surface area contributed by atoms with Crippen LogP contribution in [-0.2, 0) is 0 Å². The second kappa shape index (κ2) is 3.62. The highest BCUT2D eigenvalue weighted by atomic mass is 32.1. The molecule has 0 amide bonds. The van der Waals surface area contributed by atoms with Gasteiger partial charge in [-0.3, -0.25) is 4.79 Å². The smallest absolute Gasteiger partial charge is 0.356 e. The Hall–Kier alpha value is -2.02. The zero-order chi connectivity index (χ0) is 10.8. The lowest BCUT2D eigenvalue weighted by Gasteiger charge is -1.99. The minimum atomic E-state index is -1.18. The minimum Gasteiger partial charge on any atom is -0.476 e. The van der Waals surface area contributed by atoms with Gasteiger partial charge >= 0.3 is 5.97 Å². The average Bonchev–Trinajstić information content (AvgIpc) is 2.71. The molecule has 2 aromatic heterocycles. The zero-order valence-electron chi connectivity index (χ0n) is 7.32. The Morgan fingerprint density at radius 2 is 2.27 bits per heavy atom. The number of thiazole rings is 1. The van der Waals surface area contributed by atoms with Crippen molar-refractivity contribution in [1.29, 1.82) is 0 Å². The van der Waals surface area contributed by atoms with E-state index < -0.39 is 11.5 Å². The molecule has 0 saturated heterocycles. The van der Waals surface area contributed by atoms with E-state index in [0.717, 1.165) is 16.8 Å². The third-order valence-electron chi connectivity index (χ3n) is 1.62. The second-order valence-electron chi connectivity index (χ2n) is 2.59. The highest BCUT2D eigenvalue weighted by Gasteiger charge is 2.09. The van der Waals surface area contributed by atoms with Crippen molar-refractivity contribution in [2.45, 2.75) is 0 Å². The molecule has 76 valence electrons. The van der Waals surface area contributed by atoms with Crippen LogP contribution >= 0.6 is 11.3 Å². The van der Waals surface area contributed by atoms with Crippen LogP contribution in [0.15, 0.2) is 28.5 Å². The molecule has 2 rings (SSSR count). The average molecular weight is 223 g/mol. The Morgan fingerprint density at radius 3 is 2.87 bits per heavy atom. The van der Waals surface area contributed by atoms with Crippen molar-refractivity contribution in [2.75, 3.05) is 0 Å². The van der Waals surface area contributed by atoms with Gasteiger partial charge < -0.3 is 5.11 Å². The predicted molar refractivity (Wildman–Crippen MR) is 52.5 cm³/mol. The summed E-state index contributed by atoms with van der Waals surface area (Å²) in [7, 11) is 0. The van der Waals surface area contributed by atoms with Crippen LogP contribution in [0.5, 0.6) is 0 Å². The van der Waals surface area contributed by atoms with Crippen molar-refractivity contribution < 1.29 is 9.90 Å². The molecule has 2 aromatic rings. The molecule has 0 atom stereocenters. The first-order valence-electron chi connectivity index (χ1n) is 3.92. The largest absolute Gasteiger partial charge is 0.476 e. The second-order valence-corrected chi connectivity index (χ2v) is 3.46. The number of carboxylic acid groups (broad SMARTS) is 1. The van der Waals surface area contributed by atoms with Gasteiger partial charge in [0.2, 0.25) is 5.13 Å². The van der Waals surface area contributed by atoms with E-state index in [4.69, 9.17) is 5.11 Å². The van der Waals surface area contributed by atoms with E-state index in [1.807, 2.05) is 0 Å². The number of hydrogen-bond acceptors (Lipinski definition) is 5. The Kier molecular flexibility index (Phi) is 2.30. The van der Waals surface area contributed by atoms with Crippen LogP contribution in [-0.4, -0.2) is 25.8 Å². The summed E-state index contributed by atoms with van der Waals surface area (Å²) in [4.78, 5) is 25.9. The first kappa shape index (κ1) is 9.53. The molecule has 0 radical (unpaired) electrons. The normalized spacial score (nSPS) is 10.1. The molecule has 1 N–H and O–H groups in total. The van der Waals surface area contributed by atoms with Crippen LogP contribution in [0.4, 0.5) is 0 Å². The van der Waals surface area contributed by atoms with E-state index in [-0.39, 0.29) is 5.69 Å². The van der Waals surface area contributed by atoms with Crippen LogP contribution in [0.25, 0.3) is 5.13 Å². The van der Waals surface area contributed by atoms with E-state index >= 15 is 0 Å². The molecule has 0 unspecified atom stereocenters. The van der Waals surface area contributed by atoms with Gasteiger partial charge in [-0.25, -0.2) is 9.78 Å². The van der Waals surface area contributed by atoms with Gasteiger partial charge in [0.15, 0.2) is 5.69 Å². The molecule has 0 aromatic carbocycles. The standard InChI is InChI=1S/C8H5N3O3S/c12-6-2-1-5(7(13)14)10-11(6)8-9-3-4-15-8/h1-4H,(H,13,14). The zero-order valence-corrected chi connectivity index (χ0v) is 8.14. The number of carboxylic acids is 1. The van der Waals surface area contributed by atoms with Crippen LogP contribution in [0, 0.1) is 0 Å². The Labute approximate surface area is 87.4 Å². The number of aromatic nitrogens is 3. The highest BCUT2D eigenvalue weighted by molar-refractivity contribution is 7.12.